The van der Waals surface area contributed by atoms with E-state index in [0.29, 0.717) is 23.6 Å². The molecule has 38 heavy (non-hydrogen) atoms. The smallest absolute Gasteiger partial charge is 0.329 e. The summed E-state index contributed by atoms with van der Waals surface area (Å²) in [5, 5.41) is 9.15. The Morgan fingerprint density at radius 1 is 0.763 bits per heavy atom. The molecule has 0 heterocycles. The maximum atomic E-state index is 12.8. The molecule has 4 rings (SSSR count). The molecule has 0 atom stereocenters. The van der Waals surface area contributed by atoms with Crippen LogP contribution >= 0.6 is 0 Å². The zero-order valence-electron chi connectivity index (χ0n) is 20.7. The second-order valence-corrected chi connectivity index (χ2v) is 8.33. The molecule has 4 aromatic rings. The van der Waals surface area contributed by atoms with Gasteiger partial charge in [-0.1, -0.05) is 72.3 Å². The average molecular weight is 507 g/mol. The van der Waals surface area contributed by atoms with Crippen molar-refractivity contribution in [2.24, 2.45) is 5.10 Å². The number of anilines is 2. The molecule has 0 spiro atoms. The second kappa shape index (κ2) is 12.6. The Kier molecular flexibility index (Phi) is 8.60. The molecule has 0 fully saturated rings. The standard InChI is InChI=1S/C30H26N4O4/c1-21-15-17-24(18-16-21)32-28(35)25-12-6-7-13-26(25)33-29(36)30(37)34-31-19-23-11-5-8-14-27(23)38-20-22-9-3-2-4-10-22/h2-19H,20H2,1H3,(H,32,35)(H,33,36)(H,34,37). The molecule has 0 saturated carbocycles. The van der Waals surface area contributed by atoms with Crippen LogP contribution in [0.15, 0.2) is 108 Å². The molecule has 0 radical (unpaired) electrons. The van der Waals surface area contributed by atoms with Crippen LogP contribution < -0.4 is 20.8 Å². The lowest BCUT2D eigenvalue weighted by molar-refractivity contribution is -0.136. The number of benzene rings is 4. The molecule has 0 aliphatic heterocycles. The molecule has 0 unspecified atom stereocenters. The summed E-state index contributed by atoms with van der Waals surface area (Å²) in [7, 11) is 0. The molecule has 8 nitrogen and oxygen atoms in total. The maximum absolute atomic E-state index is 12.8. The summed E-state index contributed by atoms with van der Waals surface area (Å²) in [6, 6.07) is 30.7. The molecule has 8 heteroatoms. The van der Waals surface area contributed by atoms with Crippen molar-refractivity contribution in [1.29, 1.82) is 0 Å². The van der Waals surface area contributed by atoms with E-state index in [4.69, 9.17) is 4.74 Å². The lowest BCUT2D eigenvalue weighted by atomic mass is 10.1. The largest absolute Gasteiger partial charge is 0.488 e. The van der Waals surface area contributed by atoms with Crippen LogP contribution in [0.25, 0.3) is 0 Å². The zero-order chi connectivity index (χ0) is 26.7. The van der Waals surface area contributed by atoms with E-state index in [1.165, 1.54) is 6.21 Å². The van der Waals surface area contributed by atoms with Crippen molar-refractivity contribution in [3.05, 3.63) is 125 Å². The first-order chi connectivity index (χ1) is 18.5. The Bertz CT molecular complexity index is 1450. The molecular weight excluding hydrogens is 480 g/mol. The molecule has 0 aromatic heterocycles. The molecule has 0 saturated heterocycles. The highest BCUT2D eigenvalue weighted by molar-refractivity contribution is 6.40. The fraction of sp³-hybridized carbons (Fsp3) is 0.0667. The van der Waals surface area contributed by atoms with Gasteiger partial charge in [-0.05, 0) is 48.9 Å². The quantitative estimate of drug-likeness (QED) is 0.179. The van der Waals surface area contributed by atoms with E-state index < -0.39 is 17.7 Å². The molecule has 3 N–H and O–H groups in total. The van der Waals surface area contributed by atoms with E-state index in [2.05, 4.69) is 21.2 Å². The average Bonchev–Trinajstić information content (AvgIpc) is 2.94. The van der Waals surface area contributed by atoms with Gasteiger partial charge < -0.3 is 15.4 Å². The summed E-state index contributed by atoms with van der Waals surface area (Å²) < 4.78 is 5.87. The third kappa shape index (κ3) is 7.14. The molecule has 0 bridgehead atoms. The van der Waals surface area contributed by atoms with E-state index in [1.807, 2.05) is 61.5 Å². The van der Waals surface area contributed by atoms with Crippen LogP contribution in [0, 0.1) is 6.92 Å². The van der Waals surface area contributed by atoms with E-state index >= 15 is 0 Å². The first-order valence-electron chi connectivity index (χ1n) is 11.9. The Morgan fingerprint density at radius 2 is 1.45 bits per heavy atom. The van der Waals surface area contributed by atoms with E-state index in [9.17, 15) is 14.4 Å². The van der Waals surface area contributed by atoms with Gasteiger partial charge in [-0.25, -0.2) is 5.43 Å². The van der Waals surface area contributed by atoms with Gasteiger partial charge in [0.2, 0.25) is 0 Å². The van der Waals surface area contributed by atoms with Gasteiger partial charge in [0.15, 0.2) is 0 Å². The number of aryl methyl sites for hydroxylation is 1. The van der Waals surface area contributed by atoms with Crippen molar-refractivity contribution in [1.82, 2.24) is 5.43 Å². The SMILES string of the molecule is Cc1ccc(NC(=O)c2ccccc2NC(=O)C(=O)NN=Cc2ccccc2OCc2ccccc2)cc1. The molecule has 3 amide bonds. The summed E-state index contributed by atoms with van der Waals surface area (Å²) >= 11 is 0. The van der Waals surface area contributed by atoms with Crippen LogP contribution in [-0.2, 0) is 16.2 Å². The van der Waals surface area contributed by atoms with Gasteiger partial charge in [0.25, 0.3) is 5.91 Å². The highest BCUT2D eigenvalue weighted by Crippen LogP contribution is 2.19. The predicted molar refractivity (Wildman–Crippen MR) is 147 cm³/mol. The summed E-state index contributed by atoms with van der Waals surface area (Å²) in [6.07, 6.45) is 1.40. The number of nitrogens with one attached hydrogen (secondary N) is 3. The topological polar surface area (TPSA) is 109 Å². The number of hydrogen-bond acceptors (Lipinski definition) is 5. The van der Waals surface area contributed by atoms with Crippen molar-refractivity contribution >= 4 is 35.3 Å². The predicted octanol–water partition coefficient (Wildman–Crippen LogP) is 4.92. The van der Waals surface area contributed by atoms with Gasteiger partial charge in [-0.15, -0.1) is 0 Å². The number of carbonyl (C=O) groups is 3. The van der Waals surface area contributed by atoms with Crippen LogP contribution in [0.3, 0.4) is 0 Å². The van der Waals surface area contributed by atoms with E-state index in [1.54, 1.807) is 48.5 Å². The normalized spacial score (nSPS) is 10.6. The van der Waals surface area contributed by atoms with Gasteiger partial charge in [0, 0.05) is 11.3 Å². The van der Waals surface area contributed by atoms with E-state index in [0.717, 1.165) is 11.1 Å². The number of ether oxygens (including phenoxy) is 1. The first kappa shape index (κ1) is 25.8. The number of hydrazone groups is 1. The molecule has 190 valence electrons. The highest BCUT2D eigenvalue weighted by atomic mass is 16.5. The summed E-state index contributed by atoms with van der Waals surface area (Å²) in [5.41, 5.74) is 5.93. The first-order valence-corrected chi connectivity index (χ1v) is 11.9. The minimum absolute atomic E-state index is 0.195. The van der Waals surface area contributed by atoms with E-state index in [-0.39, 0.29) is 11.3 Å². The lowest BCUT2D eigenvalue weighted by Gasteiger charge is -2.11. The second-order valence-electron chi connectivity index (χ2n) is 8.33. The fourth-order valence-corrected chi connectivity index (χ4v) is 3.47. The third-order valence-corrected chi connectivity index (χ3v) is 5.46. The number of amides is 3. The third-order valence-electron chi connectivity index (χ3n) is 5.46. The summed E-state index contributed by atoms with van der Waals surface area (Å²) in [6.45, 7) is 2.32. The van der Waals surface area contributed by atoms with Crippen LogP contribution in [0.5, 0.6) is 5.75 Å². The number of para-hydroxylation sites is 2. The Hall–Kier alpha value is -5.24. The van der Waals surface area contributed by atoms with Gasteiger partial charge >= 0.3 is 11.8 Å². The Labute approximate surface area is 220 Å². The van der Waals surface area contributed by atoms with Crippen molar-refractivity contribution in [2.45, 2.75) is 13.5 Å². The number of rotatable bonds is 8. The fourth-order valence-electron chi connectivity index (χ4n) is 3.47. The van der Waals surface area contributed by atoms with Crippen molar-refractivity contribution in [3.8, 4) is 5.75 Å². The summed E-state index contributed by atoms with van der Waals surface area (Å²) in [4.78, 5) is 37.6. The van der Waals surface area contributed by atoms with Gasteiger partial charge in [0.05, 0.1) is 17.5 Å². The minimum Gasteiger partial charge on any atom is -0.488 e. The van der Waals surface area contributed by atoms with Crippen LogP contribution in [-0.4, -0.2) is 23.9 Å². The minimum atomic E-state index is -0.988. The van der Waals surface area contributed by atoms with Crippen molar-refractivity contribution in [3.63, 3.8) is 0 Å². The number of hydrogen-bond donors (Lipinski definition) is 3. The van der Waals surface area contributed by atoms with Crippen LogP contribution in [0.2, 0.25) is 0 Å². The highest BCUT2D eigenvalue weighted by Gasteiger charge is 2.18. The summed E-state index contributed by atoms with van der Waals surface area (Å²) in [5.74, 6) is -1.80. The lowest BCUT2D eigenvalue weighted by Crippen LogP contribution is -2.33. The number of carbonyl (C=O) groups excluding carboxylic acids is 3. The Morgan fingerprint density at radius 3 is 2.24 bits per heavy atom. The molecule has 0 aliphatic carbocycles. The van der Waals surface area contributed by atoms with Gasteiger partial charge in [0.1, 0.15) is 12.4 Å². The van der Waals surface area contributed by atoms with Gasteiger partial charge in [-0.2, -0.15) is 5.10 Å². The molecular formula is C30H26N4O4. The Balaban J connectivity index is 1.35. The zero-order valence-corrected chi connectivity index (χ0v) is 20.7. The van der Waals surface area contributed by atoms with Crippen LogP contribution in [0.1, 0.15) is 27.0 Å². The molecule has 0 aliphatic rings. The van der Waals surface area contributed by atoms with Crippen molar-refractivity contribution < 1.29 is 19.1 Å². The van der Waals surface area contributed by atoms with Crippen molar-refractivity contribution in [2.75, 3.05) is 10.6 Å². The van der Waals surface area contributed by atoms with Gasteiger partial charge in [-0.3, -0.25) is 14.4 Å². The monoisotopic (exact) mass is 506 g/mol. The number of nitrogens with zero attached hydrogens (tertiary/aromatic N) is 1. The van der Waals surface area contributed by atoms with Crippen LogP contribution in [0.4, 0.5) is 11.4 Å². The maximum Gasteiger partial charge on any atom is 0.329 e. The molecule has 4 aromatic carbocycles.